The number of rotatable bonds is 2. The summed E-state index contributed by atoms with van der Waals surface area (Å²) in [6.07, 6.45) is 8.22. The molecule has 0 bridgehead atoms. The molecule has 1 aromatic carbocycles. The first-order valence-corrected chi connectivity index (χ1v) is 10.2. The third kappa shape index (κ3) is 3.37. The molecular formula is C22H37O2P. The Morgan fingerprint density at radius 2 is 1.88 bits per heavy atom. The van der Waals surface area contributed by atoms with Crippen LogP contribution < -0.4 is 4.74 Å². The van der Waals surface area contributed by atoms with Crippen molar-refractivity contribution in [3.05, 3.63) is 29.3 Å². The zero-order valence-electron chi connectivity index (χ0n) is 15.7. The van der Waals surface area contributed by atoms with E-state index in [1.807, 2.05) is 13.8 Å². The van der Waals surface area contributed by atoms with Crippen molar-refractivity contribution in [2.24, 2.45) is 17.3 Å². The number of fused-ring (bicyclic) bond motifs is 5. The lowest BCUT2D eigenvalue weighted by Crippen LogP contribution is -2.44. The van der Waals surface area contributed by atoms with Crippen LogP contribution in [0.5, 0.6) is 5.75 Å². The van der Waals surface area contributed by atoms with Crippen LogP contribution in [0.15, 0.2) is 18.2 Å². The molecule has 4 unspecified atom stereocenters. The van der Waals surface area contributed by atoms with Crippen molar-refractivity contribution < 1.29 is 9.26 Å². The van der Waals surface area contributed by atoms with E-state index in [0.29, 0.717) is 11.5 Å². The fourth-order valence-corrected chi connectivity index (χ4v) is 6.31. The number of methoxy groups -OCH3 is 1. The van der Waals surface area contributed by atoms with Gasteiger partial charge in [0.15, 0.2) is 0 Å². The first-order chi connectivity index (χ1) is 11.7. The predicted octanol–water partition coefficient (Wildman–Crippen LogP) is 6.39. The SMILES string of the molecule is C.CC.COc1ccc2c(c1)CCC1C2CC[C@@]2(C)C1CC[C@@H]2OP. The molecule has 2 saturated carbocycles. The Labute approximate surface area is 157 Å². The van der Waals surface area contributed by atoms with Crippen LogP contribution in [-0.4, -0.2) is 13.2 Å². The maximum absolute atomic E-state index is 5.76. The Kier molecular flexibility index (Phi) is 6.96. The van der Waals surface area contributed by atoms with E-state index in [0.717, 1.165) is 23.5 Å². The number of ether oxygens (including phenoxy) is 1. The first kappa shape index (κ1) is 20.7. The van der Waals surface area contributed by atoms with Crippen molar-refractivity contribution in [2.75, 3.05) is 7.11 Å². The molecule has 0 amide bonds. The summed E-state index contributed by atoms with van der Waals surface area (Å²) < 4.78 is 11.2. The Morgan fingerprint density at radius 3 is 2.56 bits per heavy atom. The van der Waals surface area contributed by atoms with Gasteiger partial charge in [0, 0.05) is 9.47 Å². The molecule has 2 nitrogen and oxygen atoms in total. The molecular weight excluding hydrogens is 327 g/mol. The zero-order chi connectivity index (χ0) is 17.3. The Morgan fingerprint density at radius 1 is 1.12 bits per heavy atom. The molecule has 0 N–H and O–H groups in total. The van der Waals surface area contributed by atoms with Crippen LogP contribution in [0.25, 0.3) is 0 Å². The highest BCUT2D eigenvalue weighted by Crippen LogP contribution is 2.61. The highest BCUT2D eigenvalue weighted by Gasteiger charge is 2.55. The van der Waals surface area contributed by atoms with Crippen molar-refractivity contribution >= 4 is 9.47 Å². The summed E-state index contributed by atoms with van der Waals surface area (Å²) in [6.45, 7) is 6.49. The van der Waals surface area contributed by atoms with E-state index in [4.69, 9.17) is 9.26 Å². The van der Waals surface area contributed by atoms with E-state index in [9.17, 15) is 0 Å². The van der Waals surface area contributed by atoms with Crippen LogP contribution in [0.2, 0.25) is 0 Å². The minimum absolute atomic E-state index is 0. The van der Waals surface area contributed by atoms with Gasteiger partial charge in [0.05, 0.1) is 13.2 Å². The van der Waals surface area contributed by atoms with Gasteiger partial charge >= 0.3 is 0 Å². The molecule has 0 spiro atoms. The molecule has 25 heavy (non-hydrogen) atoms. The van der Waals surface area contributed by atoms with Gasteiger partial charge in [-0.1, -0.05) is 34.3 Å². The molecule has 3 aliphatic carbocycles. The van der Waals surface area contributed by atoms with Crippen molar-refractivity contribution in [1.82, 2.24) is 0 Å². The summed E-state index contributed by atoms with van der Waals surface area (Å²) in [5.74, 6) is 3.46. The average Bonchev–Trinajstić information content (AvgIpc) is 2.99. The van der Waals surface area contributed by atoms with Gasteiger partial charge in [-0.3, -0.25) is 0 Å². The first-order valence-electron chi connectivity index (χ1n) is 9.69. The molecule has 3 aliphatic rings. The smallest absolute Gasteiger partial charge is 0.119 e. The maximum atomic E-state index is 5.76. The Hall–Kier alpha value is -0.590. The molecule has 1 aromatic rings. The van der Waals surface area contributed by atoms with Gasteiger partial charge in [-0.25, -0.2) is 0 Å². The lowest BCUT2D eigenvalue weighted by atomic mass is 9.55. The number of hydrogen-bond acceptors (Lipinski definition) is 2. The number of hydrogen-bond donors (Lipinski definition) is 0. The molecule has 0 aromatic heterocycles. The normalized spacial score (nSPS) is 35.2. The third-order valence-electron chi connectivity index (χ3n) is 7.01. The molecule has 2 fully saturated rings. The fourth-order valence-electron chi connectivity index (χ4n) is 5.86. The fraction of sp³-hybridized carbons (Fsp3) is 0.727. The molecule has 3 heteroatoms. The van der Waals surface area contributed by atoms with E-state index in [2.05, 4.69) is 34.6 Å². The topological polar surface area (TPSA) is 18.5 Å². The second-order valence-electron chi connectivity index (χ2n) is 7.73. The Balaban J connectivity index is 0.000000726. The highest BCUT2D eigenvalue weighted by molar-refractivity contribution is 7.09. The second kappa shape index (κ2) is 8.40. The van der Waals surface area contributed by atoms with Crippen LogP contribution in [0, 0.1) is 17.3 Å². The number of benzene rings is 1. The summed E-state index contributed by atoms with van der Waals surface area (Å²) in [7, 11) is 4.29. The molecule has 0 aliphatic heterocycles. The van der Waals surface area contributed by atoms with Crippen molar-refractivity contribution in [3.8, 4) is 5.75 Å². The van der Waals surface area contributed by atoms with Crippen molar-refractivity contribution in [1.29, 1.82) is 0 Å². The van der Waals surface area contributed by atoms with Crippen LogP contribution >= 0.6 is 9.47 Å². The van der Waals surface area contributed by atoms with Gasteiger partial charge in [0.2, 0.25) is 0 Å². The average molecular weight is 365 g/mol. The lowest BCUT2D eigenvalue weighted by Gasteiger charge is -2.50. The predicted molar refractivity (Wildman–Crippen MR) is 110 cm³/mol. The monoisotopic (exact) mass is 364 g/mol. The largest absolute Gasteiger partial charge is 0.497 e. The summed E-state index contributed by atoms with van der Waals surface area (Å²) in [6, 6.07) is 6.76. The van der Waals surface area contributed by atoms with E-state index < -0.39 is 0 Å². The van der Waals surface area contributed by atoms with Crippen molar-refractivity contribution in [3.63, 3.8) is 0 Å². The molecule has 142 valence electrons. The van der Waals surface area contributed by atoms with Gasteiger partial charge in [0.25, 0.3) is 0 Å². The minimum atomic E-state index is 0. The summed E-state index contributed by atoms with van der Waals surface area (Å²) in [4.78, 5) is 0. The van der Waals surface area contributed by atoms with Crippen LogP contribution in [-0.2, 0) is 10.9 Å². The summed E-state index contributed by atoms with van der Waals surface area (Å²) in [5.41, 5.74) is 3.53. The van der Waals surface area contributed by atoms with Gasteiger partial charge in [-0.05, 0) is 85.0 Å². The quantitative estimate of drug-likeness (QED) is 0.566. The van der Waals surface area contributed by atoms with Gasteiger partial charge in [-0.15, -0.1) is 0 Å². The van der Waals surface area contributed by atoms with Gasteiger partial charge in [0.1, 0.15) is 5.75 Å². The van der Waals surface area contributed by atoms with E-state index >= 15 is 0 Å². The van der Waals surface area contributed by atoms with E-state index in [1.54, 1.807) is 12.7 Å². The molecule has 0 radical (unpaired) electrons. The van der Waals surface area contributed by atoms with Gasteiger partial charge < -0.3 is 9.26 Å². The van der Waals surface area contributed by atoms with E-state index in [-0.39, 0.29) is 7.43 Å². The maximum Gasteiger partial charge on any atom is 0.119 e. The lowest BCUT2D eigenvalue weighted by molar-refractivity contribution is -0.00349. The van der Waals surface area contributed by atoms with Crippen LogP contribution in [0.3, 0.4) is 0 Å². The zero-order valence-corrected chi connectivity index (χ0v) is 16.8. The molecule has 4 rings (SSSR count). The van der Waals surface area contributed by atoms with Gasteiger partial charge in [-0.2, -0.15) is 0 Å². The minimum Gasteiger partial charge on any atom is -0.497 e. The van der Waals surface area contributed by atoms with Crippen LogP contribution in [0.4, 0.5) is 0 Å². The third-order valence-corrected chi connectivity index (χ3v) is 7.34. The highest BCUT2D eigenvalue weighted by atomic mass is 31.0. The molecule has 0 heterocycles. The summed E-state index contributed by atoms with van der Waals surface area (Å²) >= 11 is 0. The summed E-state index contributed by atoms with van der Waals surface area (Å²) in [5, 5.41) is 0. The van der Waals surface area contributed by atoms with Crippen molar-refractivity contribution in [2.45, 2.75) is 78.7 Å². The second-order valence-corrected chi connectivity index (χ2v) is 8.00. The Bertz CT molecular complexity index is 573. The molecule has 6 atom stereocenters. The standard InChI is InChI=1S/C19H27O2P.C2H6.CH4/c1-19-10-9-15-14-6-4-13(20-2)11-12(14)3-5-16(15)17(19)7-8-18(19)21-22;1-2;/h4,6,11,15-18H,3,5,7-10,22H2,1-2H3;1-2H3;1H4/t15?,16?,17?,18-,19-;;/m0../s1. The molecule has 0 saturated heterocycles. The van der Waals surface area contributed by atoms with E-state index in [1.165, 1.54) is 44.1 Å². The number of aryl methyl sites for hydroxylation is 1. The van der Waals surface area contributed by atoms with Crippen LogP contribution in [0.1, 0.15) is 77.3 Å².